The van der Waals surface area contributed by atoms with Crippen molar-refractivity contribution >= 4 is 10.0 Å². The topological polar surface area (TPSA) is 58.2 Å². The van der Waals surface area contributed by atoms with Gasteiger partial charge in [0.15, 0.2) is 0 Å². The van der Waals surface area contributed by atoms with Gasteiger partial charge in [0.25, 0.3) is 0 Å². The Hall–Kier alpha value is -0.910. The Morgan fingerprint density at radius 1 is 1.10 bits per heavy atom. The molecular formula is C16H28N2O2S. The largest absolute Gasteiger partial charge is 0.310 e. The van der Waals surface area contributed by atoms with E-state index in [2.05, 4.69) is 23.9 Å². The van der Waals surface area contributed by atoms with Crippen LogP contribution < -0.4 is 10.0 Å². The zero-order chi connectivity index (χ0) is 15.9. The first-order chi connectivity index (χ1) is 9.83. The molecule has 0 aliphatic heterocycles. The minimum absolute atomic E-state index is 0.319. The van der Waals surface area contributed by atoms with E-state index in [0.29, 0.717) is 29.9 Å². The molecule has 120 valence electrons. The molecule has 0 amide bonds. The quantitative estimate of drug-likeness (QED) is 0.689. The van der Waals surface area contributed by atoms with E-state index in [1.165, 1.54) is 0 Å². The molecule has 0 unspecified atom stereocenters. The van der Waals surface area contributed by atoms with Gasteiger partial charge in [0.2, 0.25) is 10.0 Å². The summed E-state index contributed by atoms with van der Waals surface area (Å²) in [6.07, 6.45) is 1.89. The number of nitrogens with one attached hydrogen (secondary N) is 2. The van der Waals surface area contributed by atoms with Crippen molar-refractivity contribution in [3.05, 3.63) is 29.8 Å². The van der Waals surface area contributed by atoms with Crippen LogP contribution in [-0.2, 0) is 16.6 Å². The Morgan fingerprint density at radius 2 is 1.76 bits per heavy atom. The minimum atomic E-state index is -3.43. The zero-order valence-corrected chi connectivity index (χ0v) is 14.3. The molecular weight excluding hydrogens is 284 g/mol. The van der Waals surface area contributed by atoms with Gasteiger partial charge in [0, 0.05) is 19.1 Å². The lowest BCUT2D eigenvalue weighted by Gasteiger charge is -2.14. The summed E-state index contributed by atoms with van der Waals surface area (Å²) >= 11 is 0. The predicted molar refractivity (Wildman–Crippen MR) is 87.7 cm³/mol. The summed E-state index contributed by atoms with van der Waals surface area (Å²) < 4.78 is 27.5. The van der Waals surface area contributed by atoms with Crippen LogP contribution in [0.25, 0.3) is 0 Å². The molecule has 0 fully saturated rings. The third-order valence-electron chi connectivity index (χ3n) is 3.21. The van der Waals surface area contributed by atoms with E-state index in [9.17, 15) is 8.42 Å². The molecule has 0 radical (unpaired) electrons. The monoisotopic (exact) mass is 312 g/mol. The van der Waals surface area contributed by atoms with Crippen molar-refractivity contribution in [2.75, 3.05) is 6.54 Å². The molecule has 0 saturated heterocycles. The molecule has 4 nitrogen and oxygen atoms in total. The van der Waals surface area contributed by atoms with Gasteiger partial charge in [-0.25, -0.2) is 13.1 Å². The van der Waals surface area contributed by atoms with Crippen molar-refractivity contribution in [2.45, 2.75) is 58.0 Å². The Bertz CT molecular complexity index is 525. The van der Waals surface area contributed by atoms with Crippen LogP contribution >= 0.6 is 0 Å². The Kier molecular flexibility index (Phi) is 7.35. The lowest BCUT2D eigenvalue weighted by atomic mass is 10.1. The maximum absolute atomic E-state index is 12.4. The van der Waals surface area contributed by atoms with Gasteiger partial charge in [0.05, 0.1) is 4.90 Å². The minimum Gasteiger partial charge on any atom is -0.310 e. The van der Waals surface area contributed by atoms with Gasteiger partial charge in [-0.15, -0.1) is 0 Å². The van der Waals surface area contributed by atoms with Gasteiger partial charge < -0.3 is 5.32 Å². The lowest BCUT2D eigenvalue weighted by Crippen LogP contribution is -2.28. The highest BCUT2D eigenvalue weighted by Gasteiger charge is 2.17. The summed E-state index contributed by atoms with van der Waals surface area (Å²) in [5, 5.41) is 3.26. The molecule has 0 bridgehead atoms. The third kappa shape index (κ3) is 6.59. The number of sulfonamides is 1. The first-order valence-corrected chi connectivity index (χ1v) is 9.12. The number of hydrogen-bond donors (Lipinski definition) is 2. The highest BCUT2D eigenvalue weighted by molar-refractivity contribution is 7.89. The van der Waals surface area contributed by atoms with Crippen LogP contribution in [0.1, 0.15) is 46.1 Å². The molecule has 1 aromatic carbocycles. The van der Waals surface area contributed by atoms with E-state index in [4.69, 9.17) is 0 Å². The first-order valence-electron chi connectivity index (χ1n) is 7.64. The van der Waals surface area contributed by atoms with Gasteiger partial charge in [-0.2, -0.15) is 0 Å². The number of hydrogen-bond acceptors (Lipinski definition) is 3. The van der Waals surface area contributed by atoms with Crippen LogP contribution in [0.3, 0.4) is 0 Å². The Balaban J connectivity index is 2.73. The molecule has 0 heterocycles. The second-order valence-electron chi connectivity index (χ2n) is 6.08. The van der Waals surface area contributed by atoms with Crippen LogP contribution in [0.4, 0.5) is 0 Å². The van der Waals surface area contributed by atoms with Crippen LogP contribution in [-0.4, -0.2) is 21.0 Å². The molecule has 1 aromatic rings. The molecule has 5 heteroatoms. The second kappa shape index (κ2) is 8.51. The van der Waals surface area contributed by atoms with E-state index in [1.807, 2.05) is 26.0 Å². The fourth-order valence-electron chi connectivity index (χ4n) is 2.02. The van der Waals surface area contributed by atoms with Crippen molar-refractivity contribution in [1.29, 1.82) is 0 Å². The average molecular weight is 312 g/mol. The molecule has 0 aliphatic rings. The zero-order valence-electron chi connectivity index (χ0n) is 13.5. The summed E-state index contributed by atoms with van der Waals surface area (Å²) in [7, 11) is -3.43. The molecule has 0 saturated carbocycles. The van der Waals surface area contributed by atoms with Gasteiger partial charge in [-0.3, -0.25) is 0 Å². The van der Waals surface area contributed by atoms with E-state index in [1.54, 1.807) is 12.1 Å². The second-order valence-corrected chi connectivity index (χ2v) is 7.81. The van der Waals surface area contributed by atoms with Crippen LogP contribution in [0, 0.1) is 5.92 Å². The molecule has 0 aromatic heterocycles. The molecule has 0 aliphatic carbocycles. The molecule has 2 N–H and O–H groups in total. The molecule has 0 atom stereocenters. The summed E-state index contributed by atoms with van der Waals surface area (Å²) in [4.78, 5) is 0.377. The SMILES string of the molecule is CC(C)CCCNS(=O)(=O)c1ccccc1CNC(C)C. The highest BCUT2D eigenvalue weighted by Crippen LogP contribution is 2.15. The van der Waals surface area contributed by atoms with Gasteiger partial charge in [-0.1, -0.05) is 45.9 Å². The van der Waals surface area contributed by atoms with E-state index in [-0.39, 0.29) is 0 Å². The fourth-order valence-corrected chi connectivity index (χ4v) is 3.33. The predicted octanol–water partition coefficient (Wildman–Crippen LogP) is 2.90. The molecule has 0 spiro atoms. The van der Waals surface area contributed by atoms with Gasteiger partial charge in [0.1, 0.15) is 0 Å². The summed E-state index contributed by atoms with van der Waals surface area (Å²) in [6, 6.07) is 7.48. The highest BCUT2D eigenvalue weighted by atomic mass is 32.2. The Labute approximate surface area is 129 Å². The van der Waals surface area contributed by atoms with Crippen molar-refractivity contribution in [3.8, 4) is 0 Å². The standard InChI is InChI=1S/C16H28N2O2S/c1-13(2)8-7-11-18-21(19,20)16-10-6-5-9-15(16)12-17-14(3)4/h5-6,9-10,13-14,17-18H,7-8,11-12H2,1-4H3. The molecule has 21 heavy (non-hydrogen) atoms. The van der Waals surface area contributed by atoms with E-state index >= 15 is 0 Å². The van der Waals surface area contributed by atoms with E-state index in [0.717, 1.165) is 18.4 Å². The van der Waals surface area contributed by atoms with Crippen molar-refractivity contribution in [3.63, 3.8) is 0 Å². The number of benzene rings is 1. The van der Waals surface area contributed by atoms with Crippen molar-refractivity contribution < 1.29 is 8.42 Å². The maximum Gasteiger partial charge on any atom is 0.240 e. The first kappa shape index (κ1) is 18.1. The molecule has 1 rings (SSSR count). The maximum atomic E-state index is 12.4. The van der Waals surface area contributed by atoms with Crippen LogP contribution in [0.5, 0.6) is 0 Å². The third-order valence-corrected chi connectivity index (χ3v) is 4.77. The number of rotatable bonds is 9. The summed E-state index contributed by atoms with van der Waals surface area (Å²) in [5.74, 6) is 0.594. The lowest BCUT2D eigenvalue weighted by molar-refractivity contribution is 0.538. The van der Waals surface area contributed by atoms with Crippen molar-refractivity contribution in [1.82, 2.24) is 10.0 Å². The van der Waals surface area contributed by atoms with Gasteiger partial charge in [-0.05, 0) is 30.4 Å². The average Bonchev–Trinajstić information content (AvgIpc) is 2.41. The van der Waals surface area contributed by atoms with Crippen LogP contribution in [0.15, 0.2) is 29.2 Å². The Morgan fingerprint density at radius 3 is 2.38 bits per heavy atom. The van der Waals surface area contributed by atoms with Crippen LogP contribution in [0.2, 0.25) is 0 Å². The van der Waals surface area contributed by atoms with E-state index < -0.39 is 10.0 Å². The van der Waals surface area contributed by atoms with Crippen molar-refractivity contribution in [2.24, 2.45) is 5.92 Å². The summed E-state index contributed by atoms with van der Waals surface area (Å²) in [6.45, 7) is 9.42. The normalized spacial score (nSPS) is 12.3. The fraction of sp³-hybridized carbons (Fsp3) is 0.625. The van der Waals surface area contributed by atoms with Gasteiger partial charge >= 0.3 is 0 Å². The summed E-state index contributed by atoms with van der Waals surface area (Å²) in [5.41, 5.74) is 0.808. The smallest absolute Gasteiger partial charge is 0.240 e.